The van der Waals surface area contributed by atoms with Crippen molar-refractivity contribution in [2.24, 2.45) is 0 Å². The number of hydrogen-bond donors (Lipinski definition) is 0. The Bertz CT molecular complexity index is 2840. The molecule has 8 amide bonds. The number of amides is 8. The van der Waals surface area contributed by atoms with Crippen LogP contribution in [0.5, 0.6) is 34.5 Å². The average Bonchev–Trinajstić information content (AvgIpc) is 3.84. The zero-order chi connectivity index (χ0) is 42.4. The Morgan fingerprint density at radius 3 is 0.836 bits per heavy atom. The van der Waals surface area contributed by atoms with Gasteiger partial charge in [0.25, 0.3) is 47.3 Å². The Morgan fingerprint density at radius 2 is 0.508 bits per heavy atom. The number of rotatable bonds is 8. The van der Waals surface area contributed by atoms with Gasteiger partial charge in [0.05, 0.1) is 55.9 Å². The summed E-state index contributed by atoms with van der Waals surface area (Å²) in [4.78, 5) is 107. The molecule has 4 aliphatic rings. The lowest BCUT2D eigenvalue weighted by atomic mass is 10.1. The molecule has 0 aliphatic carbocycles. The van der Waals surface area contributed by atoms with E-state index in [4.69, 9.17) is 14.2 Å². The summed E-state index contributed by atoms with van der Waals surface area (Å²) in [7, 11) is 2.79. The van der Waals surface area contributed by atoms with Gasteiger partial charge in [-0.25, -0.2) is 9.80 Å². The summed E-state index contributed by atoms with van der Waals surface area (Å²) in [6.07, 6.45) is 0. The second kappa shape index (κ2) is 13.4. The third kappa shape index (κ3) is 5.74. The van der Waals surface area contributed by atoms with E-state index in [2.05, 4.69) is 0 Å². The molecule has 15 heteroatoms. The SMILES string of the molecule is CN1C(=O)c2ccc(Oc3ccc4c(c3)C(=O)N(c3ccc(Oc5ccc(N6C(=O)c7ccc(Oc8ccc9c(c8)C(=O)N(C)C9=O)cc7C6=O)cc5)cc3)C4=O)cc2C1=O. The van der Waals surface area contributed by atoms with Crippen LogP contribution in [-0.2, 0) is 0 Å². The first-order chi connectivity index (χ1) is 29.4. The maximum Gasteiger partial charge on any atom is 0.266 e. The molecule has 15 nitrogen and oxygen atoms in total. The van der Waals surface area contributed by atoms with Crippen LogP contribution >= 0.6 is 0 Å². The van der Waals surface area contributed by atoms with E-state index in [0.717, 1.165) is 19.6 Å². The number of anilines is 2. The van der Waals surface area contributed by atoms with Crippen molar-refractivity contribution in [3.05, 3.63) is 166 Å². The minimum Gasteiger partial charge on any atom is -0.457 e. The Labute approximate surface area is 344 Å². The predicted octanol–water partition coefficient (Wildman–Crippen LogP) is 7.12. The van der Waals surface area contributed by atoms with Gasteiger partial charge in [-0.05, 0) is 121 Å². The van der Waals surface area contributed by atoms with E-state index in [0.29, 0.717) is 22.9 Å². The summed E-state index contributed by atoms with van der Waals surface area (Å²) in [6.45, 7) is 0. The lowest BCUT2D eigenvalue weighted by molar-refractivity contribution is 0.0677. The van der Waals surface area contributed by atoms with Crippen LogP contribution < -0.4 is 24.0 Å². The highest BCUT2D eigenvalue weighted by Crippen LogP contribution is 2.37. The normalized spacial score (nSPS) is 15.2. The highest BCUT2D eigenvalue weighted by molar-refractivity contribution is 6.35. The van der Waals surface area contributed by atoms with E-state index in [1.54, 1.807) is 60.7 Å². The fourth-order valence-corrected chi connectivity index (χ4v) is 7.58. The standard InChI is InChI=1S/C46H26N4O11/c1-47-39(51)31-15-11-27(19-35(31)41(47)53)60-29-13-17-33-37(21-29)45(57)49(43(33)55)23-3-7-25(8-4-23)59-26-9-5-24(6-10-26)50-44(56)34-18-14-30(22-38(34)46(50)58)61-28-12-16-32-36(20-28)42(54)48(2)40(32)52/h3-22H,1-2H3. The zero-order valence-corrected chi connectivity index (χ0v) is 31.8. The zero-order valence-electron chi connectivity index (χ0n) is 31.8. The lowest BCUT2D eigenvalue weighted by Gasteiger charge is -2.16. The van der Waals surface area contributed by atoms with Crippen LogP contribution in [0.15, 0.2) is 121 Å². The first kappa shape index (κ1) is 36.6. The Kier molecular flexibility index (Phi) is 8.06. The second-order valence-corrected chi connectivity index (χ2v) is 14.4. The molecule has 0 aromatic heterocycles. The smallest absolute Gasteiger partial charge is 0.266 e. The summed E-state index contributed by atoms with van der Waals surface area (Å²) in [5.74, 6) is -2.06. The number of benzene rings is 6. The van der Waals surface area contributed by atoms with Crippen LogP contribution in [0.3, 0.4) is 0 Å². The number of imide groups is 4. The number of hydrogen-bond acceptors (Lipinski definition) is 11. The van der Waals surface area contributed by atoms with E-state index in [9.17, 15) is 38.4 Å². The number of carbonyl (C=O) groups is 8. The molecule has 0 radical (unpaired) electrons. The molecule has 4 heterocycles. The fourth-order valence-electron chi connectivity index (χ4n) is 7.58. The van der Waals surface area contributed by atoms with Gasteiger partial charge < -0.3 is 14.2 Å². The number of ether oxygens (including phenoxy) is 3. The summed E-state index contributed by atoms with van der Waals surface area (Å²) in [5, 5.41) is 0. The maximum atomic E-state index is 13.5. The molecule has 0 saturated carbocycles. The Balaban J connectivity index is 0.793. The summed E-state index contributed by atoms with van der Waals surface area (Å²) >= 11 is 0. The van der Waals surface area contributed by atoms with E-state index < -0.39 is 47.3 Å². The molecule has 0 N–H and O–H groups in total. The highest BCUT2D eigenvalue weighted by Gasteiger charge is 2.39. The molecule has 4 aliphatic heterocycles. The Morgan fingerprint density at radius 1 is 0.279 bits per heavy atom. The van der Waals surface area contributed by atoms with Crippen molar-refractivity contribution < 1.29 is 52.6 Å². The molecule has 6 aromatic carbocycles. The van der Waals surface area contributed by atoms with Crippen molar-refractivity contribution in [3.8, 4) is 34.5 Å². The summed E-state index contributed by atoms with van der Waals surface area (Å²) in [6, 6.07) is 30.5. The topological polar surface area (TPSA) is 177 Å². The third-order valence-electron chi connectivity index (χ3n) is 10.7. The van der Waals surface area contributed by atoms with Gasteiger partial charge in [-0.1, -0.05) is 0 Å². The number of carbonyl (C=O) groups excluding carboxylic acids is 8. The van der Waals surface area contributed by atoms with E-state index >= 15 is 0 Å². The van der Waals surface area contributed by atoms with Crippen LogP contribution in [0.1, 0.15) is 82.9 Å². The van der Waals surface area contributed by atoms with Gasteiger partial charge in [0.2, 0.25) is 0 Å². The highest BCUT2D eigenvalue weighted by atomic mass is 16.5. The first-order valence-corrected chi connectivity index (χ1v) is 18.6. The maximum absolute atomic E-state index is 13.5. The van der Waals surface area contributed by atoms with Crippen LogP contribution in [0.25, 0.3) is 0 Å². The molecule has 0 unspecified atom stereocenters. The van der Waals surface area contributed by atoms with Gasteiger partial charge in [-0.2, -0.15) is 0 Å². The van der Waals surface area contributed by atoms with Crippen LogP contribution in [0.4, 0.5) is 11.4 Å². The van der Waals surface area contributed by atoms with Crippen molar-refractivity contribution in [2.75, 3.05) is 23.9 Å². The van der Waals surface area contributed by atoms with Crippen LogP contribution in [0, 0.1) is 0 Å². The fraction of sp³-hybridized carbons (Fsp3) is 0.0435. The minimum absolute atomic E-state index is 0.128. The van der Waals surface area contributed by atoms with Crippen molar-refractivity contribution in [2.45, 2.75) is 0 Å². The van der Waals surface area contributed by atoms with Crippen molar-refractivity contribution in [1.82, 2.24) is 9.80 Å². The largest absolute Gasteiger partial charge is 0.457 e. The third-order valence-corrected chi connectivity index (χ3v) is 10.7. The van der Waals surface area contributed by atoms with E-state index in [1.165, 1.54) is 74.8 Å². The molecule has 0 spiro atoms. The minimum atomic E-state index is -0.563. The molecular formula is C46H26N4O11. The van der Waals surface area contributed by atoms with Gasteiger partial charge in [0, 0.05) is 14.1 Å². The van der Waals surface area contributed by atoms with Gasteiger partial charge in [0.1, 0.15) is 34.5 Å². The van der Waals surface area contributed by atoms with Gasteiger partial charge in [0.15, 0.2) is 0 Å². The molecular weight excluding hydrogens is 785 g/mol. The summed E-state index contributed by atoms with van der Waals surface area (Å²) < 4.78 is 17.8. The molecule has 0 saturated heterocycles. The van der Waals surface area contributed by atoms with Crippen molar-refractivity contribution >= 4 is 58.6 Å². The average molecular weight is 811 g/mol. The second-order valence-electron chi connectivity index (χ2n) is 14.4. The van der Waals surface area contributed by atoms with E-state index in [1.807, 2.05) is 0 Å². The van der Waals surface area contributed by atoms with Crippen molar-refractivity contribution in [3.63, 3.8) is 0 Å². The summed E-state index contributed by atoms with van der Waals surface area (Å²) in [5.41, 5.74) is 2.18. The molecule has 0 fully saturated rings. The number of nitrogens with zero attached hydrogens (tertiary/aromatic N) is 4. The molecule has 296 valence electrons. The predicted molar refractivity (Wildman–Crippen MR) is 214 cm³/mol. The van der Waals surface area contributed by atoms with Crippen molar-refractivity contribution in [1.29, 1.82) is 0 Å². The van der Waals surface area contributed by atoms with Gasteiger partial charge in [-0.15, -0.1) is 0 Å². The van der Waals surface area contributed by atoms with E-state index in [-0.39, 0.29) is 67.5 Å². The lowest BCUT2D eigenvalue weighted by Crippen LogP contribution is -2.29. The van der Waals surface area contributed by atoms with Gasteiger partial charge >= 0.3 is 0 Å². The Hall–Kier alpha value is -8.72. The molecule has 61 heavy (non-hydrogen) atoms. The molecule has 6 aromatic rings. The quantitative estimate of drug-likeness (QED) is 0.143. The molecule has 10 rings (SSSR count). The van der Waals surface area contributed by atoms with Gasteiger partial charge in [-0.3, -0.25) is 48.2 Å². The molecule has 0 atom stereocenters. The monoisotopic (exact) mass is 810 g/mol. The molecule has 0 bridgehead atoms. The number of fused-ring (bicyclic) bond motifs is 4. The van der Waals surface area contributed by atoms with Crippen LogP contribution in [0.2, 0.25) is 0 Å². The first-order valence-electron chi connectivity index (χ1n) is 18.6. The van der Waals surface area contributed by atoms with Crippen LogP contribution in [-0.4, -0.2) is 71.2 Å².